The van der Waals surface area contributed by atoms with Crippen molar-refractivity contribution in [2.45, 2.75) is 32.4 Å². The van der Waals surface area contributed by atoms with Gasteiger partial charge in [0.15, 0.2) is 0 Å². The van der Waals surface area contributed by atoms with Crippen LogP contribution in [0.2, 0.25) is 0 Å². The molecule has 0 aromatic heterocycles. The lowest BCUT2D eigenvalue weighted by Crippen LogP contribution is -2.03. The number of nitrogens with two attached hydrogens (primary N) is 1. The SMILES string of the molecule is COc1ccc(OCc2ccc3c(c2)CCC3)c(CN)c1. The van der Waals surface area contributed by atoms with Gasteiger partial charge in [-0.1, -0.05) is 18.2 Å². The van der Waals surface area contributed by atoms with Crippen molar-refractivity contribution in [3.05, 3.63) is 58.7 Å². The van der Waals surface area contributed by atoms with E-state index in [2.05, 4.69) is 18.2 Å². The standard InChI is InChI=1S/C18H21NO2/c1-20-17-7-8-18(16(10-17)11-19)21-12-13-5-6-14-3-2-4-15(14)9-13/h5-10H,2-4,11-12,19H2,1H3. The van der Waals surface area contributed by atoms with Gasteiger partial charge in [-0.25, -0.2) is 0 Å². The van der Waals surface area contributed by atoms with Crippen LogP contribution in [0, 0.1) is 0 Å². The van der Waals surface area contributed by atoms with E-state index in [0.717, 1.165) is 17.1 Å². The van der Waals surface area contributed by atoms with Crippen LogP contribution in [0.4, 0.5) is 0 Å². The molecule has 0 saturated carbocycles. The van der Waals surface area contributed by atoms with Gasteiger partial charge in [0.05, 0.1) is 7.11 Å². The summed E-state index contributed by atoms with van der Waals surface area (Å²) < 4.78 is 11.2. The molecule has 2 aromatic rings. The largest absolute Gasteiger partial charge is 0.497 e. The minimum atomic E-state index is 0.441. The maximum absolute atomic E-state index is 5.94. The van der Waals surface area contributed by atoms with E-state index in [0.29, 0.717) is 13.2 Å². The Balaban J connectivity index is 1.72. The van der Waals surface area contributed by atoms with Crippen LogP contribution in [0.15, 0.2) is 36.4 Å². The van der Waals surface area contributed by atoms with Crippen molar-refractivity contribution >= 4 is 0 Å². The van der Waals surface area contributed by atoms with Crippen LogP contribution in [-0.4, -0.2) is 7.11 Å². The molecular formula is C18H21NO2. The van der Waals surface area contributed by atoms with E-state index in [4.69, 9.17) is 15.2 Å². The number of rotatable bonds is 5. The normalized spacial score (nSPS) is 13.0. The Hall–Kier alpha value is -2.00. The van der Waals surface area contributed by atoms with Gasteiger partial charge in [0, 0.05) is 12.1 Å². The summed E-state index contributed by atoms with van der Waals surface area (Å²) in [5, 5.41) is 0. The smallest absolute Gasteiger partial charge is 0.124 e. The highest BCUT2D eigenvalue weighted by Gasteiger charge is 2.11. The van der Waals surface area contributed by atoms with Gasteiger partial charge in [-0.3, -0.25) is 0 Å². The van der Waals surface area contributed by atoms with Crippen molar-refractivity contribution in [1.82, 2.24) is 0 Å². The molecule has 2 N–H and O–H groups in total. The van der Waals surface area contributed by atoms with Crippen LogP contribution >= 0.6 is 0 Å². The molecule has 21 heavy (non-hydrogen) atoms. The zero-order chi connectivity index (χ0) is 14.7. The maximum Gasteiger partial charge on any atom is 0.124 e. The molecule has 3 rings (SSSR count). The molecule has 1 aliphatic carbocycles. The van der Waals surface area contributed by atoms with Gasteiger partial charge in [0.2, 0.25) is 0 Å². The van der Waals surface area contributed by atoms with Crippen molar-refractivity contribution in [1.29, 1.82) is 0 Å². The molecule has 0 saturated heterocycles. The molecule has 0 radical (unpaired) electrons. The van der Waals surface area contributed by atoms with Crippen molar-refractivity contribution in [2.24, 2.45) is 5.73 Å². The van der Waals surface area contributed by atoms with Gasteiger partial charge in [-0.2, -0.15) is 0 Å². The average molecular weight is 283 g/mol. The Morgan fingerprint density at radius 1 is 1.05 bits per heavy atom. The molecule has 0 fully saturated rings. The highest BCUT2D eigenvalue weighted by molar-refractivity contribution is 5.41. The third-order valence-electron chi connectivity index (χ3n) is 4.04. The molecule has 0 bridgehead atoms. The summed E-state index contributed by atoms with van der Waals surface area (Å²) in [6, 6.07) is 12.4. The van der Waals surface area contributed by atoms with Crippen LogP contribution in [0.25, 0.3) is 0 Å². The monoisotopic (exact) mass is 283 g/mol. The van der Waals surface area contributed by atoms with Gasteiger partial charge in [-0.15, -0.1) is 0 Å². The van der Waals surface area contributed by atoms with Gasteiger partial charge in [0.25, 0.3) is 0 Å². The number of benzene rings is 2. The molecule has 1 aliphatic rings. The van der Waals surface area contributed by atoms with E-state index >= 15 is 0 Å². The number of hydrogen-bond donors (Lipinski definition) is 1. The van der Waals surface area contributed by atoms with E-state index in [1.807, 2.05) is 18.2 Å². The number of ether oxygens (including phenoxy) is 2. The van der Waals surface area contributed by atoms with Crippen LogP contribution in [-0.2, 0) is 26.0 Å². The Morgan fingerprint density at radius 3 is 2.71 bits per heavy atom. The fourth-order valence-corrected chi connectivity index (χ4v) is 2.86. The second-order valence-electron chi connectivity index (χ2n) is 5.42. The molecule has 3 heteroatoms. The van der Waals surface area contributed by atoms with Crippen LogP contribution in [0.5, 0.6) is 11.5 Å². The minimum Gasteiger partial charge on any atom is -0.497 e. The molecule has 2 aromatic carbocycles. The lowest BCUT2D eigenvalue weighted by Gasteiger charge is -2.12. The van der Waals surface area contributed by atoms with E-state index in [-0.39, 0.29) is 0 Å². The first kappa shape index (κ1) is 14.0. The first-order valence-corrected chi connectivity index (χ1v) is 7.40. The van der Waals surface area contributed by atoms with Gasteiger partial charge in [0.1, 0.15) is 18.1 Å². The number of hydrogen-bond acceptors (Lipinski definition) is 3. The molecule has 0 aliphatic heterocycles. The Kier molecular flexibility index (Phi) is 4.11. The molecule has 110 valence electrons. The summed E-state index contributed by atoms with van der Waals surface area (Å²) in [6.07, 6.45) is 3.68. The molecule has 0 atom stereocenters. The highest BCUT2D eigenvalue weighted by Crippen LogP contribution is 2.26. The van der Waals surface area contributed by atoms with E-state index in [1.54, 1.807) is 7.11 Å². The third-order valence-corrected chi connectivity index (χ3v) is 4.04. The number of fused-ring (bicyclic) bond motifs is 1. The maximum atomic E-state index is 5.94. The Morgan fingerprint density at radius 2 is 1.90 bits per heavy atom. The zero-order valence-electron chi connectivity index (χ0n) is 12.4. The summed E-state index contributed by atoms with van der Waals surface area (Å²) in [7, 11) is 1.65. The predicted molar refractivity (Wildman–Crippen MR) is 83.7 cm³/mol. The summed E-state index contributed by atoms with van der Waals surface area (Å²) in [4.78, 5) is 0. The Bertz CT molecular complexity index is 637. The van der Waals surface area contributed by atoms with Crippen molar-refractivity contribution in [3.8, 4) is 11.5 Å². The summed E-state index contributed by atoms with van der Waals surface area (Å²) in [6.45, 7) is 1.02. The lowest BCUT2D eigenvalue weighted by molar-refractivity contribution is 0.302. The van der Waals surface area contributed by atoms with E-state index in [1.165, 1.54) is 36.0 Å². The lowest BCUT2D eigenvalue weighted by atomic mass is 10.1. The zero-order valence-corrected chi connectivity index (χ0v) is 12.4. The molecule has 3 nitrogen and oxygen atoms in total. The molecular weight excluding hydrogens is 262 g/mol. The number of aryl methyl sites for hydroxylation is 2. The van der Waals surface area contributed by atoms with Crippen molar-refractivity contribution < 1.29 is 9.47 Å². The minimum absolute atomic E-state index is 0.441. The fourth-order valence-electron chi connectivity index (χ4n) is 2.86. The van der Waals surface area contributed by atoms with Gasteiger partial charge >= 0.3 is 0 Å². The van der Waals surface area contributed by atoms with Crippen molar-refractivity contribution in [2.75, 3.05) is 7.11 Å². The van der Waals surface area contributed by atoms with E-state index < -0.39 is 0 Å². The first-order chi connectivity index (χ1) is 10.3. The molecule has 0 unspecified atom stereocenters. The summed E-state index contributed by atoms with van der Waals surface area (Å²) in [5.41, 5.74) is 10.9. The average Bonchev–Trinajstić information content (AvgIpc) is 3.00. The van der Waals surface area contributed by atoms with Crippen LogP contribution in [0.3, 0.4) is 0 Å². The second-order valence-corrected chi connectivity index (χ2v) is 5.42. The molecule has 0 spiro atoms. The topological polar surface area (TPSA) is 44.5 Å². The fraction of sp³-hybridized carbons (Fsp3) is 0.333. The number of methoxy groups -OCH3 is 1. The van der Waals surface area contributed by atoms with Gasteiger partial charge < -0.3 is 15.2 Å². The van der Waals surface area contributed by atoms with Crippen molar-refractivity contribution in [3.63, 3.8) is 0 Å². The highest BCUT2D eigenvalue weighted by atomic mass is 16.5. The molecule has 0 heterocycles. The van der Waals surface area contributed by atoms with Crippen LogP contribution in [0.1, 0.15) is 28.7 Å². The van der Waals surface area contributed by atoms with E-state index in [9.17, 15) is 0 Å². The summed E-state index contributed by atoms with van der Waals surface area (Å²) >= 11 is 0. The first-order valence-electron chi connectivity index (χ1n) is 7.40. The molecule has 0 amide bonds. The van der Waals surface area contributed by atoms with Crippen LogP contribution < -0.4 is 15.2 Å². The third kappa shape index (κ3) is 3.03. The van der Waals surface area contributed by atoms with Gasteiger partial charge in [-0.05, 0) is 54.2 Å². The summed E-state index contributed by atoms with van der Waals surface area (Å²) in [5.74, 6) is 1.64. The Labute approximate surface area is 125 Å². The quantitative estimate of drug-likeness (QED) is 0.916. The second kappa shape index (κ2) is 6.19. The predicted octanol–water partition coefficient (Wildman–Crippen LogP) is 3.22.